The van der Waals surface area contributed by atoms with Gasteiger partial charge in [-0.25, -0.2) is 8.42 Å². The van der Waals surface area contributed by atoms with E-state index >= 15 is 0 Å². The molecule has 5 nitrogen and oxygen atoms in total. The molecule has 82 valence electrons. The van der Waals surface area contributed by atoms with E-state index in [9.17, 15) is 8.42 Å². The Morgan fingerprint density at radius 2 is 2.13 bits per heavy atom. The first-order chi connectivity index (χ1) is 7.11. The Labute approximate surface area is 88.2 Å². The molecule has 1 aromatic rings. The molecule has 2 aliphatic rings. The molecule has 0 bridgehead atoms. The molecule has 1 fully saturated rings. The van der Waals surface area contributed by atoms with Crippen LogP contribution >= 0.6 is 0 Å². The third-order valence-corrected chi connectivity index (χ3v) is 4.45. The number of hydrogen-bond acceptors (Lipinski definition) is 4. The van der Waals surface area contributed by atoms with Crippen LogP contribution in [0.25, 0.3) is 0 Å². The first-order valence-electron chi connectivity index (χ1n) is 5.10. The van der Waals surface area contributed by atoms with Gasteiger partial charge in [-0.05, 0) is 12.8 Å². The first kappa shape index (κ1) is 9.35. The van der Waals surface area contributed by atoms with Crippen LogP contribution in [0.15, 0.2) is 0 Å². The van der Waals surface area contributed by atoms with Gasteiger partial charge in [0.2, 0.25) is 0 Å². The predicted octanol–water partition coefficient (Wildman–Crippen LogP) is 0.105. The summed E-state index contributed by atoms with van der Waals surface area (Å²) in [5, 5.41) is 4.41. The summed E-state index contributed by atoms with van der Waals surface area (Å²) in [6, 6.07) is 0.423. The summed E-state index contributed by atoms with van der Waals surface area (Å²) in [5.74, 6) is 0.271. The monoisotopic (exact) mass is 227 g/mol. The van der Waals surface area contributed by atoms with Gasteiger partial charge in [0, 0.05) is 12.1 Å². The fraction of sp³-hybridized carbons (Fsp3) is 0.667. The van der Waals surface area contributed by atoms with Crippen LogP contribution in [0.2, 0.25) is 0 Å². The molecule has 6 heteroatoms. The molecule has 0 aromatic carbocycles. The molecular formula is C9H13N3O2S. The highest BCUT2D eigenvalue weighted by Crippen LogP contribution is 2.39. The molecule has 0 radical (unpaired) electrons. The Morgan fingerprint density at radius 1 is 1.40 bits per heavy atom. The van der Waals surface area contributed by atoms with E-state index in [1.54, 1.807) is 0 Å². The van der Waals surface area contributed by atoms with Crippen molar-refractivity contribution in [1.82, 2.24) is 9.78 Å². The van der Waals surface area contributed by atoms with E-state index in [0.717, 1.165) is 29.8 Å². The smallest absolute Gasteiger partial charge is 0.160 e. The van der Waals surface area contributed by atoms with Crippen LogP contribution in [-0.4, -0.2) is 18.2 Å². The first-order valence-corrected chi connectivity index (χ1v) is 6.92. The minimum atomic E-state index is -2.94. The number of nitrogens with zero attached hydrogens (tertiary/aromatic N) is 2. The van der Waals surface area contributed by atoms with Gasteiger partial charge in [-0.1, -0.05) is 0 Å². The van der Waals surface area contributed by atoms with E-state index < -0.39 is 9.84 Å². The molecule has 3 rings (SSSR count). The Morgan fingerprint density at radius 3 is 2.73 bits per heavy atom. The molecule has 0 saturated heterocycles. The van der Waals surface area contributed by atoms with E-state index in [-0.39, 0.29) is 11.5 Å². The molecule has 2 N–H and O–H groups in total. The van der Waals surface area contributed by atoms with Crippen LogP contribution in [0, 0.1) is 0 Å². The number of rotatable bonds is 2. The summed E-state index contributed by atoms with van der Waals surface area (Å²) in [7, 11) is -2.94. The van der Waals surface area contributed by atoms with Gasteiger partial charge in [0.05, 0.1) is 28.9 Å². The molecular weight excluding hydrogens is 214 g/mol. The molecule has 0 amide bonds. The molecule has 0 unspecified atom stereocenters. The number of sulfone groups is 1. The third-order valence-electron chi connectivity index (χ3n) is 3.01. The highest BCUT2D eigenvalue weighted by Gasteiger charge is 2.36. The quantitative estimate of drug-likeness (QED) is 0.777. The molecule has 1 saturated carbocycles. The van der Waals surface area contributed by atoms with Crippen LogP contribution in [0.3, 0.4) is 0 Å². The summed E-state index contributed by atoms with van der Waals surface area (Å²) in [5.41, 5.74) is 8.09. The number of aromatic nitrogens is 2. The van der Waals surface area contributed by atoms with E-state index in [4.69, 9.17) is 5.73 Å². The zero-order chi connectivity index (χ0) is 10.6. The minimum Gasteiger partial charge on any atom is -0.325 e. The number of hydrogen-bond donors (Lipinski definition) is 1. The second-order valence-electron chi connectivity index (χ2n) is 4.28. The lowest BCUT2D eigenvalue weighted by Crippen LogP contribution is -2.07. The molecule has 15 heavy (non-hydrogen) atoms. The van der Waals surface area contributed by atoms with Gasteiger partial charge in [-0.2, -0.15) is 5.10 Å². The summed E-state index contributed by atoms with van der Waals surface area (Å²) in [6.07, 6.45) is 2.22. The fourth-order valence-electron chi connectivity index (χ4n) is 2.14. The summed E-state index contributed by atoms with van der Waals surface area (Å²) >= 11 is 0. The van der Waals surface area contributed by atoms with Gasteiger partial charge in [-0.3, -0.25) is 4.68 Å². The maximum absolute atomic E-state index is 11.5. The summed E-state index contributed by atoms with van der Waals surface area (Å²) in [4.78, 5) is 0. The molecule has 1 aromatic heterocycles. The highest BCUT2D eigenvalue weighted by molar-refractivity contribution is 7.90. The van der Waals surface area contributed by atoms with Gasteiger partial charge in [0.15, 0.2) is 9.84 Å². The average molecular weight is 227 g/mol. The lowest BCUT2D eigenvalue weighted by molar-refractivity contribution is 0.585. The Kier molecular flexibility index (Phi) is 1.76. The lowest BCUT2D eigenvalue weighted by Gasteiger charge is -2.01. The van der Waals surface area contributed by atoms with E-state index in [0.29, 0.717) is 12.6 Å². The highest BCUT2D eigenvalue weighted by atomic mass is 32.2. The number of nitrogens with two attached hydrogens (primary N) is 1. The number of fused-ring (bicyclic) bond motifs is 1. The second kappa shape index (κ2) is 2.82. The molecule has 1 aliphatic carbocycles. The van der Waals surface area contributed by atoms with Crippen molar-refractivity contribution in [3.05, 3.63) is 17.0 Å². The van der Waals surface area contributed by atoms with Crippen molar-refractivity contribution >= 4 is 9.84 Å². The minimum absolute atomic E-state index is 0.127. The van der Waals surface area contributed by atoms with Crippen molar-refractivity contribution in [1.29, 1.82) is 0 Å². The van der Waals surface area contributed by atoms with E-state index in [1.165, 1.54) is 0 Å². The van der Waals surface area contributed by atoms with E-state index in [2.05, 4.69) is 5.10 Å². The van der Waals surface area contributed by atoms with E-state index in [1.807, 2.05) is 4.68 Å². The van der Waals surface area contributed by atoms with Crippen molar-refractivity contribution in [3.8, 4) is 0 Å². The van der Waals surface area contributed by atoms with Crippen molar-refractivity contribution in [2.75, 3.05) is 0 Å². The third kappa shape index (κ3) is 1.39. The molecule has 0 spiro atoms. The van der Waals surface area contributed by atoms with Gasteiger partial charge >= 0.3 is 0 Å². The molecule has 1 aliphatic heterocycles. The van der Waals surface area contributed by atoms with Crippen LogP contribution in [0.5, 0.6) is 0 Å². The van der Waals surface area contributed by atoms with Crippen LogP contribution in [-0.2, 0) is 27.9 Å². The van der Waals surface area contributed by atoms with Crippen LogP contribution in [0.4, 0.5) is 0 Å². The van der Waals surface area contributed by atoms with Crippen LogP contribution in [0.1, 0.15) is 35.8 Å². The summed E-state index contributed by atoms with van der Waals surface area (Å²) < 4.78 is 25.0. The maximum Gasteiger partial charge on any atom is 0.160 e. The van der Waals surface area contributed by atoms with Gasteiger partial charge in [0.1, 0.15) is 0 Å². The second-order valence-corrected chi connectivity index (χ2v) is 6.35. The largest absolute Gasteiger partial charge is 0.325 e. The zero-order valence-electron chi connectivity index (χ0n) is 8.31. The SMILES string of the molecule is NCc1nn(C2CC2)c2c1CS(=O)(=O)C2. The molecule has 0 atom stereocenters. The van der Waals surface area contributed by atoms with Gasteiger partial charge < -0.3 is 5.73 Å². The Hall–Kier alpha value is -0.880. The average Bonchev–Trinajstić information content (AvgIpc) is 2.87. The topological polar surface area (TPSA) is 78.0 Å². The molecule has 2 heterocycles. The predicted molar refractivity (Wildman–Crippen MR) is 54.7 cm³/mol. The van der Waals surface area contributed by atoms with Gasteiger partial charge in [-0.15, -0.1) is 0 Å². The van der Waals surface area contributed by atoms with Crippen molar-refractivity contribution < 1.29 is 8.42 Å². The fourth-order valence-corrected chi connectivity index (χ4v) is 3.74. The van der Waals surface area contributed by atoms with Crippen molar-refractivity contribution in [3.63, 3.8) is 0 Å². The van der Waals surface area contributed by atoms with Crippen LogP contribution < -0.4 is 5.73 Å². The zero-order valence-corrected chi connectivity index (χ0v) is 9.13. The van der Waals surface area contributed by atoms with Crippen molar-refractivity contribution in [2.45, 2.75) is 36.9 Å². The lowest BCUT2D eigenvalue weighted by atomic mass is 10.2. The standard InChI is InChI=1S/C9H13N3O2S/c10-3-8-7-4-15(13,14)5-9(7)12(11-8)6-1-2-6/h6H,1-5,10H2. The summed E-state index contributed by atoms with van der Waals surface area (Å²) in [6.45, 7) is 0.331. The Bertz CT molecular complexity index is 514. The van der Waals surface area contributed by atoms with Gasteiger partial charge in [0.25, 0.3) is 0 Å². The van der Waals surface area contributed by atoms with Crippen molar-refractivity contribution in [2.24, 2.45) is 5.73 Å². The Balaban J connectivity index is 2.14. The normalized spacial score (nSPS) is 23.0. The maximum atomic E-state index is 11.5.